The van der Waals surface area contributed by atoms with Crippen molar-refractivity contribution in [2.24, 2.45) is 0 Å². The lowest BCUT2D eigenvalue weighted by molar-refractivity contribution is 0.373. The average Bonchev–Trinajstić information content (AvgIpc) is 2.86. The lowest BCUT2D eigenvalue weighted by atomic mass is 10.2. The normalized spacial score (nSPS) is 13.2. The van der Waals surface area contributed by atoms with Gasteiger partial charge in [-0.05, 0) is 25.1 Å². The van der Waals surface area contributed by atoms with Gasteiger partial charge in [0.15, 0.2) is 27.2 Å². The van der Waals surface area contributed by atoms with Crippen LogP contribution in [0.5, 0.6) is 11.5 Å². The van der Waals surface area contributed by atoms with Crippen LogP contribution in [0.15, 0.2) is 22.7 Å². The van der Waals surface area contributed by atoms with Crippen molar-refractivity contribution >= 4 is 9.84 Å². The van der Waals surface area contributed by atoms with Crippen LogP contribution < -0.4 is 4.74 Å². The second-order valence-electron chi connectivity index (χ2n) is 4.32. The number of rotatable bonds is 4. The largest absolute Gasteiger partial charge is 0.504 e. The Morgan fingerprint density at radius 2 is 2.10 bits per heavy atom. The van der Waals surface area contributed by atoms with Gasteiger partial charge in [0.05, 0.1) is 7.11 Å². The maximum absolute atomic E-state index is 11.4. The van der Waals surface area contributed by atoms with Crippen LogP contribution in [-0.4, -0.2) is 37.0 Å². The number of phenols is 1. The van der Waals surface area contributed by atoms with E-state index < -0.39 is 15.1 Å². The summed E-state index contributed by atoms with van der Waals surface area (Å²) >= 11 is 0. The number of ether oxygens (including phenoxy) is 1. The third-order valence-corrected chi connectivity index (χ3v) is 4.37. The third-order valence-electron chi connectivity index (χ3n) is 2.87. The fourth-order valence-electron chi connectivity index (χ4n) is 1.52. The molecule has 20 heavy (non-hydrogen) atoms. The fourth-order valence-corrected chi connectivity index (χ4v) is 2.00. The highest BCUT2D eigenvalue weighted by atomic mass is 32.2. The third kappa shape index (κ3) is 2.74. The molecule has 0 spiro atoms. The van der Waals surface area contributed by atoms with Crippen molar-refractivity contribution in [2.75, 3.05) is 13.4 Å². The molecule has 8 heteroatoms. The summed E-state index contributed by atoms with van der Waals surface area (Å²) in [6, 6.07) is 4.52. The van der Waals surface area contributed by atoms with Gasteiger partial charge in [-0.15, -0.1) is 0 Å². The van der Waals surface area contributed by atoms with Gasteiger partial charge in [-0.25, -0.2) is 8.42 Å². The smallest absolute Gasteiger partial charge is 0.258 e. The molecule has 1 atom stereocenters. The Hall–Kier alpha value is -2.09. The van der Waals surface area contributed by atoms with Crippen molar-refractivity contribution in [3.05, 3.63) is 24.0 Å². The molecule has 108 valence electrons. The Bertz CT molecular complexity index is 723. The van der Waals surface area contributed by atoms with E-state index in [4.69, 9.17) is 9.26 Å². The Balaban J connectivity index is 2.38. The van der Waals surface area contributed by atoms with Gasteiger partial charge in [0, 0.05) is 11.8 Å². The van der Waals surface area contributed by atoms with Gasteiger partial charge >= 0.3 is 0 Å². The maximum Gasteiger partial charge on any atom is 0.258 e. The zero-order chi connectivity index (χ0) is 14.9. The van der Waals surface area contributed by atoms with Crippen molar-refractivity contribution < 1.29 is 22.8 Å². The average molecular weight is 298 g/mol. The van der Waals surface area contributed by atoms with E-state index in [1.165, 1.54) is 26.2 Å². The molecule has 0 fully saturated rings. The number of aromatic nitrogens is 2. The molecule has 0 amide bonds. The van der Waals surface area contributed by atoms with Crippen molar-refractivity contribution in [3.63, 3.8) is 0 Å². The van der Waals surface area contributed by atoms with E-state index in [0.717, 1.165) is 6.26 Å². The van der Waals surface area contributed by atoms with Crippen LogP contribution in [0, 0.1) is 0 Å². The Morgan fingerprint density at radius 1 is 1.40 bits per heavy atom. The topological polar surface area (TPSA) is 103 Å². The summed E-state index contributed by atoms with van der Waals surface area (Å²) in [6.07, 6.45) is 1.11. The molecule has 2 aromatic rings. The van der Waals surface area contributed by atoms with Gasteiger partial charge in [-0.1, -0.05) is 5.16 Å². The Labute approximate surface area is 116 Å². The highest BCUT2D eigenvalue weighted by Gasteiger charge is 2.23. The number of hydrogen-bond acceptors (Lipinski definition) is 7. The highest BCUT2D eigenvalue weighted by Crippen LogP contribution is 2.31. The van der Waals surface area contributed by atoms with E-state index in [0.29, 0.717) is 5.56 Å². The summed E-state index contributed by atoms with van der Waals surface area (Å²) in [6.45, 7) is 1.49. The number of nitrogens with zero attached hydrogens (tertiary/aromatic N) is 2. The number of sulfone groups is 1. The maximum atomic E-state index is 11.4. The van der Waals surface area contributed by atoms with Gasteiger partial charge in [0.25, 0.3) is 5.89 Å². The van der Waals surface area contributed by atoms with Crippen LogP contribution in [-0.2, 0) is 9.84 Å². The van der Waals surface area contributed by atoms with E-state index in [2.05, 4.69) is 10.1 Å². The molecule has 0 saturated carbocycles. The molecule has 0 aliphatic heterocycles. The fraction of sp³-hybridized carbons (Fsp3) is 0.333. The summed E-state index contributed by atoms with van der Waals surface area (Å²) in [7, 11) is -1.87. The minimum atomic E-state index is -3.29. The molecule has 0 aliphatic carbocycles. The first kappa shape index (κ1) is 14.3. The van der Waals surface area contributed by atoms with E-state index >= 15 is 0 Å². The number of aromatic hydroxyl groups is 1. The zero-order valence-electron chi connectivity index (χ0n) is 11.2. The lowest BCUT2D eigenvalue weighted by Crippen LogP contribution is -2.09. The van der Waals surface area contributed by atoms with E-state index in [9.17, 15) is 13.5 Å². The molecule has 1 unspecified atom stereocenters. The first-order valence-corrected chi connectivity index (χ1v) is 7.68. The van der Waals surface area contributed by atoms with E-state index in [1.54, 1.807) is 6.07 Å². The Morgan fingerprint density at radius 3 is 2.70 bits per heavy atom. The molecule has 2 rings (SSSR count). The van der Waals surface area contributed by atoms with Crippen molar-refractivity contribution in [3.8, 4) is 23.0 Å². The van der Waals surface area contributed by atoms with E-state index in [1.807, 2.05) is 0 Å². The Kier molecular flexibility index (Phi) is 3.67. The monoisotopic (exact) mass is 298 g/mol. The lowest BCUT2D eigenvalue weighted by Gasteiger charge is -2.03. The second-order valence-corrected chi connectivity index (χ2v) is 6.68. The van der Waals surface area contributed by atoms with Gasteiger partial charge in [0.2, 0.25) is 0 Å². The van der Waals surface area contributed by atoms with Crippen LogP contribution in [0.4, 0.5) is 0 Å². The summed E-state index contributed by atoms with van der Waals surface area (Å²) in [5.41, 5.74) is 0.527. The summed E-state index contributed by atoms with van der Waals surface area (Å²) < 4.78 is 32.9. The van der Waals surface area contributed by atoms with Gasteiger partial charge in [-0.2, -0.15) is 4.98 Å². The molecule has 1 heterocycles. The molecule has 0 radical (unpaired) electrons. The number of hydrogen-bond donors (Lipinski definition) is 1. The zero-order valence-corrected chi connectivity index (χ0v) is 12.0. The SMILES string of the molecule is COc1cc(-c2nc(C(C)S(C)(=O)=O)no2)ccc1O. The highest BCUT2D eigenvalue weighted by molar-refractivity contribution is 7.90. The molecular formula is C12H14N2O5S. The van der Waals surface area contributed by atoms with E-state index in [-0.39, 0.29) is 23.2 Å². The minimum absolute atomic E-state index is 0.0134. The van der Waals surface area contributed by atoms with Crippen LogP contribution >= 0.6 is 0 Å². The molecule has 1 aromatic heterocycles. The standard InChI is InChI=1S/C12H14N2O5S/c1-7(20(3,16)17)11-13-12(19-14-11)8-4-5-9(15)10(6-8)18-2/h4-7,15H,1-3H3. The minimum Gasteiger partial charge on any atom is -0.504 e. The van der Waals surface area contributed by atoms with Crippen LogP contribution in [0.3, 0.4) is 0 Å². The predicted octanol–water partition coefficient (Wildman–Crippen LogP) is 1.56. The summed E-state index contributed by atoms with van der Waals surface area (Å²) in [5, 5.41) is 12.3. The molecule has 1 N–H and O–H groups in total. The molecule has 1 aromatic carbocycles. The van der Waals surface area contributed by atoms with Gasteiger partial charge in [0.1, 0.15) is 5.25 Å². The number of methoxy groups -OCH3 is 1. The molecule has 0 bridgehead atoms. The summed E-state index contributed by atoms with van der Waals surface area (Å²) in [4.78, 5) is 4.06. The second kappa shape index (κ2) is 5.12. The number of phenolic OH excluding ortho intramolecular Hbond substituents is 1. The van der Waals surface area contributed by atoms with Crippen molar-refractivity contribution in [1.29, 1.82) is 0 Å². The molecule has 0 saturated heterocycles. The predicted molar refractivity (Wildman–Crippen MR) is 71.2 cm³/mol. The van der Waals surface area contributed by atoms with Crippen molar-refractivity contribution in [1.82, 2.24) is 10.1 Å². The quantitative estimate of drug-likeness (QED) is 0.913. The van der Waals surface area contributed by atoms with Crippen LogP contribution in [0.25, 0.3) is 11.5 Å². The number of benzene rings is 1. The van der Waals surface area contributed by atoms with Crippen LogP contribution in [0.1, 0.15) is 18.0 Å². The molecular weight excluding hydrogens is 284 g/mol. The molecule has 7 nitrogen and oxygen atoms in total. The summed E-state index contributed by atoms with van der Waals surface area (Å²) in [5.74, 6) is 0.502. The first-order chi connectivity index (χ1) is 9.32. The van der Waals surface area contributed by atoms with Gasteiger partial charge in [-0.3, -0.25) is 0 Å². The van der Waals surface area contributed by atoms with Gasteiger partial charge < -0.3 is 14.4 Å². The molecule has 0 aliphatic rings. The first-order valence-electron chi connectivity index (χ1n) is 5.72. The van der Waals surface area contributed by atoms with Crippen LogP contribution in [0.2, 0.25) is 0 Å². The van der Waals surface area contributed by atoms with Crippen molar-refractivity contribution in [2.45, 2.75) is 12.2 Å².